The number of aromatic amines is 1. The molecule has 5 rings (SSSR count). The molecule has 1 aromatic heterocycles. The van der Waals surface area contributed by atoms with Gasteiger partial charge in [0, 0.05) is 41.5 Å². The smallest absolute Gasteiger partial charge is 0.411 e. The van der Waals surface area contributed by atoms with Crippen molar-refractivity contribution in [2.24, 2.45) is 0 Å². The van der Waals surface area contributed by atoms with Crippen LogP contribution in [-0.2, 0) is 22.5 Å². The summed E-state index contributed by atoms with van der Waals surface area (Å²) in [6.07, 6.45) is 1.17. The van der Waals surface area contributed by atoms with Gasteiger partial charge in [-0.15, -0.1) is 0 Å². The molecule has 1 aliphatic heterocycles. The summed E-state index contributed by atoms with van der Waals surface area (Å²) in [5, 5.41) is 9.35. The SMILES string of the molecule is COC(=O)Nc1ccc(-c2nc(C(Cc3ccccc3)NC(=O)NCc3cc(Cl)ccc3N3CCCC3=O)[nH]c2Cl)cc1. The number of H-pyrrole nitrogens is 1. The van der Waals surface area contributed by atoms with Crippen LogP contribution in [0.15, 0.2) is 72.8 Å². The fraction of sp³-hybridized carbons (Fsp3) is 0.226. The zero-order valence-corrected chi connectivity index (χ0v) is 24.8. The Balaban J connectivity index is 1.34. The van der Waals surface area contributed by atoms with E-state index in [2.05, 4.69) is 25.7 Å². The zero-order valence-electron chi connectivity index (χ0n) is 23.3. The number of imidazole rings is 1. The molecule has 0 radical (unpaired) electrons. The van der Waals surface area contributed by atoms with E-state index in [0.717, 1.165) is 28.8 Å². The number of anilines is 2. The number of hydrogen-bond donors (Lipinski definition) is 4. The molecule has 0 spiro atoms. The fourth-order valence-electron chi connectivity index (χ4n) is 4.92. The second-order valence-corrected chi connectivity index (χ2v) is 10.8. The lowest BCUT2D eigenvalue weighted by Crippen LogP contribution is -2.39. The van der Waals surface area contributed by atoms with Gasteiger partial charge in [0.1, 0.15) is 16.7 Å². The van der Waals surface area contributed by atoms with Gasteiger partial charge < -0.3 is 25.3 Å². The molecule has 0 bridgehead atoms. The van der Waals surface area contributed by atoms with Crippen molar-refractivity contribution < 1.29 is 19.1 Å². The van der Waals surface area contributed by atoms with Crippen LogP contribution in [-0.4, -0.2) is 41.7 Å². The summed E-state index contributed by atoms with van der Waals surface area (Å²) in [5.74, 6) is 0.526. The van der Waals surface area contributed by atoms with Gasteiger partial charge in [-0.25, -0.2) is 14.6 Å². The van der Waals surface area contributed by atoms with Gasteiger partial charge in [-0.05, 0) is 54.3 Å². The minimum Gasteiger partial charge on any atom is -0.453 e. The van der Waals surface area contributed by atoms with E-state index in [4.69, 9.17) is 28.2 Å². The topological polar surface area (TPSA) is 128 Å². The number of amides is 4. The lowest BCUT2D eigenvalue weighted by atomic mass is 10.1. The number of nitrogens with zero attached hydrogens (tertiary/aromatic N) is 2. The number of carbonyl (C=O) groups is 3. The highest BCUT2D eigenvalue weighted by Gasteiger charge is 2.25. The Kier molecular flexibility index (Phi) is 9.48. The monoisotopic (exact) mass is 620 g/mol. The molecule has 3 aromatic carbocycles. The summed E-state index contributed by atoms with van der Waals surface area (Å²) in [7, 11) is 1.29. The van der Waals surface area contributed by atoms with E-state index in [1.165, 1.54) is 7.11 Å². The van der Waals surface area contributed by atoms with E-state index in [-0.39, 0.29) is 12.5 Å². The van der Waals surface area contributed by atoms with Crippen LogP contribution in [0.3, 0.4) is 0 Å². The van der Waals surface area contributed by atoms with Gasteiger partial charge in [-0.1, -0.05) is 65.7 Å². The summed E-state index contributed by atoms with van der Waals surface area (Å²) >= 11 is 12.8. The number of methoxy groups -OCH3 is 1. The number of urea groups is 1. The molecule has 0 aliphatic carbocycles. The van der Waals surface area contributed by atoms with Crippen molar-refractivity contribution in [3.63, 3.8) is 0 Å². The van der Waals surface area contributed by atoms with Gasteiger partial charge in [0.05, 0.1) is 13.2 Å². The van der Waals surface area contributed by atoms with Gasteiger partial charge in [-0.2, -0.15) is 0 Å². The minimum atomic E-state index is -0.572. The number of aromatic nitrogens is 2. The maximum Gasteiger partial charge on any atom is 0.411 e. The van der Waals surface area contributed by atoms with E-state index in [1.807, 2.05) is 36.4 Å². The van der Waals surface area contributed by atoms with Crippen LogP contribution in [0.2, 0.25) is 10.2 Å². The maximum absolute atomic E-state index is 13.2. The van der Waals surface area contributed by atoms with Crippen LogP contribution in [0.5, 0.6) is 0 Å². The van der Waals surface area contributed by atoms with Crippen LogP contribution >= 0.6 is 23.2 Å². The van der Waals surface area contributed by atoms with Crippen molar-refractivity contribution in [2.45, 2.75) is 31.8 Å². The van der Waals surface area contributed by atoms with E-state index in [0.29, 0.717) is 46.8 Å². The molecule has 1 aliphatic rings. The van der Waals surface area contributed by atoms with Crippen molar-refractivity contribution in [3.8, 4) is 11.3 Å². The first-order chi connectivity index (χ1) is 20.8. The maximum atomic E-state index is 13.2. The van der Waals surface area contributed by atoms with Crippen molar-refractivity contribution in [1.29, 1.82) is 0 Å². The normalized spacial score (nSPS) is 13.5. The molecule has 0 saturated carbocycles. The molecule has 4 amide bonds. The molecular formula is C31H30Cl2N6O4. The summed E-state index contributed by atoms with van der Waals surface area (Å²) in [5.41, 5.74) is 4.25. The number of benzene rings is 3. The van der Waals surface area contributed by atoms with Gasteiger partial charge in [0.15, 0.2) is 0 Å². The molecule has 2 heterocycles. The standard InChI is InChI=1S/C31H30Cl2N6O4/c1-43-31(42)35-23-12-9-20(10-13-23)27-28(33)38-29(37-27)24(16-19-6-3-2-4-7-19)36-30(41)34-18-21-17-22(32)11-14-25(21)39-15-5-8-26(39)40/h2-4,6-7,9-14,17,24H,5,8,15-16,18H2,1H3,(H,35,42)(H,37,38)(H2,34,36,41). The van der Waals surface area contributed by atoms with Crippen molar-refractivity contribution in [2.75, 3.05) is 23.9 Å². The average molecular weight is 622 g/mol. The summed E-state index contributed by atoms with van der Waals surface area (Å²) in [6, 6.07) is 21.0. The third-order valence-corrected chi connectivity index (χ3v) is 7.54. The molecule has 4 aromatic rings. The van der Waals surface area contributed by atoms with Crippen molar-refractivity contribution in [3.05, 3.63) is 99.9 Å². The molecular weight excluding hydrogens is 591 g/mol. The second-order valence-electron chi connectivity index (χ2n) is 9.97. The van der Waals surface area contributed by atoms with Crippen LogP contribution in [0.4, 0.5) is 21.0 Å². The summed E-state index contributed by atoms with van der Waals surface area (Å²) < 4.78 is 4.63. The Hall–Kier alpha value is -4.54. The molecule has 4 N–H and O–H groups in total. The van der Waals surface area contributed by atoms with Crippen molar-refractivity contribution in [1.82, 2.24) is 20.6 Å². The first kappa shape index (κ1) is 29.9. The number of nitrogens with one attached hydrogen (secondary N) is 4. The molecule has 1 unspecified atom stereocenters. The Bertz CT molecular complexity index is 1610. The van der Waals surface area contributed by atoms with E-state index < -0.39 is 18.2 Å². The highest BCUT2D eigenvalue weighted by Crippen LogP contribution is 2.30. The first-order valence-corrected chi connectivity index (χ1v) is 14.4. The predicted molar refractivity (Wildman–Crippen MR) is 166 cm³/mol. The minimum absolute atomic E-state index is 0.0517. The second kappa shape index (κ2) is 13.6. The van der Waals surface area contributed by atoms with Gasteiger partial charge >= 0.3 is 12.1 Å². The Labute approximate surface area is 258 Å². The Morgan fingerprint density at radius 1 is 1.07 bits per heavy atom. The third-order valence-electron chi connectivity index (χ3n) is 7.03. The zero-order chi connectivity index (χ0) is 30.3. The lowest BCUT2D eigenvalue weighted by Gasteiger charge is -2.21. The largest absolute Gasteiger partial charge is 0.453 e. The molecule has 1 atom stereocenters. The van der Waals surface area contributed by atoms with Crippen LogP contribution in [0.25, 0.3) is 11.3 Å². The number of rotatable bonds is 9. The number of halogens is 2. The summed E-state index contributed by atoms with van der Waals surface area (Å²) in [4.78, 5) is 46.7. The van der Waals surface area contributed by atoms with Crippen LogP contribution in [0, 0.1) is 0 Å². The van der Waals surface area contributed by atoms with Crippen LogP contribution < -0.4 is 20.9 Å². The predicted octanol–water partition coefficient (Wildman–Crippen LogP) is 6.47. The fourth-order valence-corrected chi connectivity index (χ4v) is 5.36. The average Bonchev–Trinajstić information content (AvgIpc) is 3.61. The quantitative estimate of drug-likeness (QED) is 0.170. The Morgan fingerprint density at radius 2 is 1.84 bits per heavy atom. The van der Waals surface area contributed by atoms with Gasteiger partial charge in [0.25, 0.3) is 0 Å². The van der Waals surface area contributed by atoms with Gasteiger partial charge in [-0.3, -0.25) is 10.1 Å². The number of carbonyl (C=O) groups excluding carboxylic acids is 3. The third kappa shape index (κ3) is 7.46. The molecule has 1 fully saturated rings. The van der Waals surface area contributed by atoms with Gasteiger partial charge in [0.2, 0.25) is 5.91 Å². The highest BCUT2D eigenvalue weighted by molar-refractivity contribution is 6.32. The molecule has 1 saturated heterocycles. The highest BCUT2D eigenvalue weighted by atomic mass is 35.5. The van der Waals surface area contributed by atoms with Crippen molar-refractivity contribution >= 4 is 52.6 Å². The molecule has 10 nitrogen and oxygen atoms in total. The van der Waals surface area contributed by atoms with E-state index in [9.17, 15) is 14.4 Å². The van der Waals surface area contributed by atoms with Crippen LogP contribution in [0.1, 0.15) is 35.8 Å². The molecule has 43 heavy (non-hydrogen) atoms. The van der Waals surface area contributed by atoms with E-state index >= 15 is 0 Å². The lowest BCUT2D eigenvalue weighted by molar-refractivity contribution is -0.117. The first-order valence-electron chi connectivity index (χ1n) is 13.7. The molecule has 222 valence electrons. The Morgan fingerprint density at radius 3 is 2.53 bits per heavy atom. The summed E-state index contributed by atoms with van der Waals surface area (Å²) in [6.45, 7) is 0.796. The molecule has 12 heteroatoms. The van der Waals surface area contributed by atoms with E-state index in [1.54, 1.807) is 41.3 Å². The number of ether oxygens (including phenoxy) is 1. The number of hydrogen-bond acceptors (Lipinski definition) is 5.